The molecule has 1 amide bonds. The first kappa shape index (κ1) is 7.54. The van der Waals surface area contributed by atoms with Crippen molar-refractivity contribution in [2.24, 2.45) is 11.7 Å². The largest absolute Gasteiger partial charge is 0.329 e. The lowest BCUT2D eigenvalue weighted by atomic mass is 9.85. The van der Waals surface area contributed by atoms with Crippen molar-refractivity contribution in [1.82, 2.24) is 5.32 Å². The van der Waals surface area contributed by atoms with Gasteiger partial charge in [0, 0.05) is 12.5 Å². The monoisotopic (exact) mass is 141 g/mol. The Kier molecular flexibility index (Phi) is 2.68. The number of amides is 1. The summed E-state index contributed by atoms with van der Waals surface area (Å²) in [5, 5.41) is 3.80. The number of nitrogens with zero attached hydrogens (tertiary/aromatic N) is 1. The van der Waals surface area contributed by atoms with E-state index in [0.717, 1.165) is 12.8 Å². The molecule has 0 heterocycles. The summed E-state index contributed by atoms with van der Waals surface area (Å²) in [5.74, 6) is 0.309. The summed E-state index contributed by atoms with van der Waals surface area (Å²) in [5.41, 5.74) is 5.19. The summed E-state index contributed by atoms with van der Waals surface area (Å²) in [6.07, 6.45) is 3.26. The van der Waals surface area contributed by atoms with Crippen LogP contribution in [-0.2, 0) is 4.79 Å². The third-order valence-electron chi connectivity index (χ3n) is 1.85. The number of hydrogen-bond donors (Lipinski definition) is 1. The molecule has 0 aliphatic heterocycles. The Balaban J connectivity index is 2.08. The molecule has 1 saturated carbocycles. The van der Waals surface area contributed by atoms with Crippen molar-refractivity contribution in [2.45, 2.75) is 19.3 Å². The van der Waals surface area contributed by atoms with Crippen LogP contribution in [0, 0.1) is 5.92 Å². The zero-order valence-electron chi connectivity index (χ0n) is 6.05. The summed E-state index contributed by atoms with van der Waals surface area (Å²) in [4.78, 5) is 11.0. The third-order valence-corrected chi connectivity index (χ3v) is 1.85. The lowest BCUT2D eigenvalue weighted by Gasteiger charge is -2.22. The molecule has 0 aromatic carbocycles. The Morgan fingerprint density at radius 1 is 1.60 bits per heavy atom. The first-order chi connectivity index (χ1) is 4.84. The summed E-state index contributed by atoms with van der Waals surface area (Å²) >= 11 is 0. The maximum atomic E-state index is 11.0. The molecule has 10 heavy (non-hydrogen) atoms. The van der Waals surface area contributed by atoms with Crippen molar-refractivity contribution in [3.05, 3.63) is 0 Å². The number of nitrogens with two attached hydrogens (primary N) is 1. The molecule has 3 nitrogen and oxygen atoms in total. The van der Waals surface area contributed by atoms with Gasteiger partial charge >= 0.3 is 0 Å². The van der Waals surface area contributed by atoms with Crippen molar-refractivity contribution in [2.75, 3.05) is 13.1 Å². The third kappa shape index (κ3) is 1.70. The molecule has 0 bridgehead atoms. The van der Waals surface area contributed by atoms with Crippen molar-refractivity contribution < 1.29 is 4.79 Å². The molecule has 1 aliphatic rings. The van der Waals surface area contributed by atoms with Crippen LogP contribution < -0.4 is 11.1 Å². The molecular formula is C7H13N2O. The van der Waals surface area contributed by atoms with Crippen molar-refractivity contribution >= 4 is 5.91 Å². The molecule has 1 fully saturated rings. The van der Waals surface area contributed by atoms with Crippen LogP contribution in [0.15, 0.2) is 0 Å². The van der Waals surface area contributed by atoms with Crippen molar-refractivity contribution in [3.63, 3.8) is 0 Å². The zero-order chi connectivity index (χ0) is 7.40. The van der Waals surface area contributed by atoms with Gasteiger partial charge in [0.15, 0.2) is 0 Å². The fraction of sp³-hybridized carbons (Fsp3) is 0.857. The molecule has 0 unspecified atom stereocenters. The predicted molar refractivity (Wildman–Crippen MR) is 38.4 cm³/mol. The van der Waals surface area contributed by atoms with E-state index in [4.69, 9.17) is 5.73 Å². The van der Waals surface area contributed by atoms with Gasteiger partial charge in [-0.05, 0) is 12.8 Å². The number of carbonyl (C=O) groups excluding carboxylic acids is 1. The molecule has 2 N–H and O–H groups in total. The fourth-order valence-corrected chi connectivity index (χ4v) is 0.959. The van der Waals surface area contributed by atoms with E-state index in [1.54, 1.807) is 0 Å². The van der Waals surface area contributed by atoms with Crippen LogP contribution in [0.2, 0.25) is 0 Å². The van der Waals surface area contributed by atoms with E-state index in [2.05, 4.69) is 5.32 Å². The number of rotatable bonds is 3. The van der Waals surface area contributed by atoms with Gasteiger partial charge in [-0.3, -0.25) is 4.79 Å². The highest BCUT2D eigenvalue weighted by Gasteiger charge is 2.25. The van der Waals surface area contributed by atoms with Gasteiger partial charge < -0.3 is 5.73 Å². The summed E-state index contributed by atoms with van der Waals surface area (Å²) in [7, 11) is 0. The minimum atomic E-state index is 0.0664. The molecule has 0 aromatic heterocycles. The average Bonchev–Trinajstić information content (AvgIpc) is 1.79. The molecule has 0 saturated heterocycles. The van der Waals surface area contributed by atoms with E-state index in [0.29, 0.717) is 13.1 Å². The molecule has 0 atom stereocenters. The van der Waals surface area contributed by atoms with Gasteiger partial charge in [-0.2, -0.15) is 0 Å². The minimum absolute atomic E-state index is 0.0664. The fourth-order valence-electron chi connectivity index (χ4n) is 0.959. The smallest absolute Gasteiger partial charge is 0.244 e. The molecule has 3 heteroatoms. The molecule has 0 spiro atoms. The molecule has 57 valence electrons. The molecule has 1 radical (unpaired) electrons. The quantitative estimate of drug-likeness (QED) is 0.595. The highest BCUT2D eigenvalue weighted by molar-refractivity contribution is 5.79. The lowest BCUT2D eigenvalue weighted by molar-refractivity contribution is -0.127. The van der Waals surface area contributed by atoms with Crippen LogP contribution in [0.3, 0.4) is 0 Å². The Hall–Kier alpha value is -0.570. The van der Waals surface area contributed by atoms with Crippen LogP contribution in [0.5, 0.6) is 0 Å². The molecular weight excluding hydrogens is 128 g/mol. The maximum Gasteiger partial charge on any atom is 0.244 e. The number of hydrogen-bond acceptors (Lipinski definition) is 2. The highest BCUT2D eigenvalue weighted by Crippen LogP contribution is 2.26. The van der Waals surface area contributed by atoms with E-state index >= 15 is 0 Å². The Labute approximate surface area is 61.0 Å². The highest BCUT2D eigenvalue weighted by atomic mass is 16.1. The van der Waals surface area contributed by atoms with E-state index in [1.807, 2.05) is 0 Å². The minimum Gasteiger partial charge on any atom is -0.329 e. The second kappa shape index (κ2) is 3.56. The topological polar surface area (TPSA) is 57.2 Å². The van der Waals surface area contributed by atoms with Gasteiger partial charge in [0.25, 0.3) is 0 Å². The van der Waals surface area contributed by atoms with Crippen molar-refractivity contribution in [1.29, 1.82) is 0 Å². The van der Waals surface area contributed by atoms with Gasteiger partial charge in [-0.25, -0.2) is 5.32 Å². The second-order valence-electron chi connectivity index (χ2n) is 2.64. The van der Waals surface area contributed by atoms with E-state index < -0.39 is 0 Å². The van der Waals surface area contributed by atoms with Crippen LogP contribution >= 0.6 is 0 Å². The normalized spacial score (nSPS) is 18.1. The SMILES string of the molecule is NCC[N]C(=O)C1CCC1. The first-order valence-electron chi connectivity index (χ1n) is 3.76. The molecule has 0 aromatic rings. The average molecular weight is 141 g/mol. The van der Waals surface area contributed by atoms with Gasteiger partial charge in [0.2, 0.25) is 5.91 Å². The predicted octanol–water partition coefficient (Wildman–Crippen LogP) is -0.124. The number of carbonyl (C=O) groups is 1. The standard InChI is InChI=1S/C7H13N2O/c8-4-5-9-7(10)6-2-1-3-6/h6H,1-5,8H2. The Morgan fingerprint density at radius 2 is 2.30 bits per heavy atom. The van der Waals surface area contributed by atoms with E-state index in [1.165, 1.54) is 6.42 Å². The Morgan fingerprint density at radius 3 is 2.70 bits per heavy atom. The summed E-state index contributed by atoms with van der Waals surface area (Å²) < 4.78 is 0. The van der Waals surface area contributed by atoms with Gasteiger partial charge in [-0.1, -0.05) is 6.42 Å². The second-order valence-corrected chi connectivity index (χ2v) is 2.64. The van der Waals surface area contributed by atoms with Gasteiger partial charge in [-0.15, -0.1) is 0 Å². The van der Waals surface area contributed by atoms with Gasteiger partial charge in [0.05, 0.1) is 6.54 Å². The van der Waals surface area contributed by atoms with E-state index in [-0.39, 0.29) is 11.8 Å². The van der Waals surface area contributed by atoms with Crippen molar-refractivity contribution in [3.8, 4) is 0 Å². The maximum absolute atomic E-state index is 11.0. The van der Waals surface area contributed by atoms with E-state index in [9.17, 15) is 4.79 Å². The molecule has 1 aliphatic carbocycles. The van der Waals surface area contributed by atoms with Crippen LogP contribution in [0.1, 0.15) is 19.3 Å². The first-order valence-corrected chi connectivity index (χ1v) is 3.76. The summed E-state index contributed by atoms with van der Waals surface area (Å²) in [6, 6.07) is 0. The summed E-state index contributed by atoms with van der Waals surface area (Å²) in [6.45, 7) is 0.980. The van der Waals surface area contributed by atoms with Crippen LogP contribution in [-0.4, -0.2) is 19.0 Å². The zero-order valence-corrected chi connectivity index (χ0v) is 6.05. The van der Waals surface area contributed by atoms with Crippen LogP contribution in [0.25, 0.3) is 0 Å². The van der Waals surface area contributed by atoms with Crippen LogP contribution in [0.4, 0.5) is 0 Å². The van der Waals surface area contributed by atoms with Gasteiger partial charge in [0.1, 0.15) is 0 Å². The Bertz CT molecular complexity index is 121. The lowest BCUT2D eigenvalue weighted by Crippen LogP contribution is -2.32. The molecule has 1 rings (SSSR count).